The van der Waals surface area contributed by atoms with Crippen LogP contribution in [0.3, 0.4) is 0 Å². The van der Waals surface area contributed by atoms with Gasteiger partial charge in [0.25, 0.3) is 5.91 Å². The largest absolute Gasteiger partial charge is 0.338 e. The van der Waals surface area contributed by atoms with Crippen molar-refractivity contribution in [3.8, 4) is 5.69 Å². The van der Waals surface area contributed by atoms with Crippen molar-refractivity contribution in [1.82, 2.24) is 19.0 Å². The molecule has 0 bridgehead atoms. The average Bonchev–Trinajstić information content (AvgIpc) is 3.03. The van der Waals surface area contributed by atoms with E-state index < -0.39 is 10.0 Å². The standard InChI is InChI=1S/C19H26N4O3S/c1-4-22(27(3,25)26)16-10-12-21(13-11-16)19(24)18-14-20-23(15(18)2)17-8-6-5-7-9-17/h5-9,14,16H,4,10-13H2,1-3H3. The SMILES string of the molecule is CCN(C1CCN(C(=O)c2cnn(-c3ccccc3)c2C)CC1)S(C)(=O)=O. The summed E-state index contributed by atoms with van der Waals surface area (Å²) in [5.74, 6) is -0.0458. The zero-order chi connectivity index (χ0) is 19.6. The first-order chi connectivity index (χ1) is 12.8. The molecular formula is C19H26N4O3S. The second kappa shape index (κ2) is 7.82. The fourth-order valence-electron chi connectivity index (χ4n) is 3.74. The van der Waals surface area contributed by atoms with Crippen LogP contribution in [0.15, 0.2) is 36.5 Å². The van der Waals surface area contributed by atoms with Crippen molar-refractivity contribution in [2.45, 2.75) is 32.7 Å². The zero-order valence-corrected chi connectivity index (χ0v) is 16.8. The molecule has 0 aliphatic carbocycles. The van der Waals surface area contributed by atoms with Crippen LogP contribution in [0, 0.1) is 6.92 Å². The van der Waals surface area contributed by atoms with Gasteiger partial charge >= 0.3 is 0 Å². The highest BCUT2D eigenvalue weighted by molar-refractivity contribution is 7.88. The highest BCUT2D eigenvalue weighted by Crippen LogP contribution is 2.22. The van der Waals surface area contributed by atoms with Gasteiger partial charge in [0.15, 0.2) is 0 Å². The van der Waals surface area contributed by atoms with Crippen molar-refractivity contribution in [3.63, 3.8) is 0 Å². The minimum absolute atomic E-state index is 0.0396. The van der Waals surface area contributed by atoms with E-state index in [-0.39, 0.29) is 11.9 Å². The van der Waals surface area contributed by atoms with Crippen LogP contribution in [-0.2, 0) is 10.0 Å². The van der Waals surface area contributed by atoms with Crippen molar-refractivity contribution < 1.29 is 13.2 Å². The molecule has 1 aromatic carbocycles. The molecule has 2 aromatic rings. The number of para-hydroxylation sites is 1. The average molecular weight is 391 g/mol. The van der Waals surface area contributed by atoms with E-state index in [1.807, 2.05) is 44.2 Å². The van der Waals surface area contributed by atoms with Gasteiger partial charge < -0.3 is 4.90 Å². The summed E-state index contributed by atoms with van der Waals surface area (Å²) >= 11 is 0. The lowest BCUT2D eigenvalue weighted by molar-refractivity contribution is 0.0680. The van der Waals surface area contributed by atoms with Crippen LogP contribution >= 0.6 is 0 Å². The molecule has 0 spiro atoms. The first kappa shape index (κ1) is 19.6. The normalized spacial score (nSPS) is 16.1. The van der Waals surface area contributed by atoms with Gasteiger partial charge in [-0.05, 0) is 31.9 Å². The van der Waals surface area contributed by atoms with Gasteiger partial charge in [-0.25, -0.2) is 13.1 Å². The maximum Gasteiger partial charge on any atom is 0.257 e. The van der Waals surface area contributed by atoms with Crippen LogP contribution in [0.2, 0.25) is 0 Å². The lowest BCUT2D eigenvalue weighted by atomic mass is 10.0. The first-order valence-electron chi connectivity index (χ1n) is 9.19. The smallest absolute Gasteiger partial charge is 0.257 e. The molecule has 0 radical (unpaired) electrons. The Labute approximate surface area is 160 Å². The van der Waals surface area contributed by atoms with Crippen LogP contribution in [-0.4, -0.2) is 65.2 Å². The monoisotopic (exact) mass is 390 g/mol. The van der Waals surface area contributed by atoms with Crippen LogP contribution in [0.25, 0.3) is 5.69 Å². The van der Waals surface area contributed by atoms with Gasteiger partial charge in [-0.1, -0.05) is 25.1 Å². The lowest BCUT2D eigenvalue weighted by Gasteiger charge is -2.36. The van der Waals surface area contributed by atoms with Crippen LogP contribution < -0.4 is 0 Å². The van der Waals surface area contributed by atoms with Crippen molar-refractivity contribution in [2.75, 3.05) is 25.9 Å². The maximum atomic E-state index is 12.9. The summed E-state index contributed by atoms with van der Waals surface area (Å²) < 4.78 is 27.1. The Kier molecular flexibility index (Phi) is 5.67. The summed E-state index contributed by atoms with van der Waals surface area (Å²) in [4.78, 5) is 14.7. The minimum atomic E-state index is -3.22. The Balaban J connectivity index is 1.71. The van der Waals surface area contributed by atoms with Gasteiger partial charge in [0.1, 0.15) is 0 Å². The molecule has 3 rings (SSSR count). The molecule has 1 saturated heterocycles. The Morgan fingerprint density at radius 2 is 1.85 bits per heavy atom. The van der Waals surface area contributed by atoms with E-state index in [0.717, 1.165) is 11.4 Å². The number of hydrogen-bond donors (Lipinski definition) is 0. The molecule has 1 aromatic heterocycles. The van der Waals surface area contributed by atoms with Gasteiger partial charge in [0.2, 0.25) is 10.0 Å². The van der Waals surface area contributed by atoms with Gasteiger partial charge in [0, 0.05) is 25.7 Å². The van der Waals surface area contributed by atoms with E-state index in [1.165, 1.54) is 10.6 Å². The molecule has 0 unspecified atom stereocenters. The molecule has 1 fully saturated rings. The van der Waals surface area contributed by atoms with Gasteiger partial charge in [-0.15, -0.1) is 0 Å². The van der Waals surface area contributed by atoms with Crippen molar-refractivity contribution >= 4 is 15.9 Å². The molecule has 0 atom stereocenters. The minimum Gasteiger partial charge on any atom is -0.338 e. The summed E-state index contributed by atoms with van der Waals surface area (Å²) in [6.45, 7) is 5.29. The zero-order valence-electron chi connectivity index (χ0n) is 16.0. The van der Waals surface area contributed by atoms with Crippen molar-refractivity contribution in [3.05, 3.63) is 47.8 Å². The number of nitrogens with zero attached hydrogens (tertiary/aromatic N) is 4. The van der Waals surface area contributed by atoms with Gasteiger partial charge in [-0.3, -0.25) is 4.79 Å². The Morgan fingerprint density at radius 1 is 1.22 bits per heavy atom. The summed E-state index contributed by atoms with van der Waals surface area (Å²) in [6.07, 6.45) is 4.16. The molecule has 2 heterocycles. The topological polar surface area (TPSA) is 75.5 Å². The first-order valence-corrected chi connectivity index (χ1v) is 11.0. The third-order valence-corrected chi connectivity index (χ3v) is 6.55. The predicted molar refractivity (Wildman–Crippen MR) is 104 cm³/mol. The van der Waals surface area contributed by atoms with Crippen LogP contribution in [0.5, 0.6) is 0 Å². The maximum absolute atomic E-state index is 12.9. The summed E-state index contributed by atoms with van der Waals surface area (Å²) in [6, 6.07) is 9.67. The number of aromatic nitrogens is 2. The van der Waals surface area contributed by atoms with E-state index in [4.69, 9.17) is 0 Å². The highest BCUT2D eigenvalue weighted by atomic mass is 32.2. The van der Waals surface area contributed by atoms with Crippen molar-refractivity contribution in [1.29, 1.82) is 0 Å². The number of piperidine rings is 1. The second-order valence-electron chi connectivity index (χ2n) is 6.88. The Morgan fingerprint density at radius 3 is 2.41 bits per heavy atom. The molecule has 8 heteroatoms. The number of likely N-dealkylation sites (tertiary alicyclic amines) is 1. The molecular weight excluding hydrogens is 364 g/mol. The van der Waals surface area contributed by atoms with E-state index >= 15 is 0 Å². The molecule has 1 aliphatic heterocycles. The number of carbonyl (C=O) groups excluding carboxylic acids is 1. The third kappa shape index (κ3) is 4.06. The fourth-order valence-corrected chi connectivity index (χ4v) is 4.96. The van der Waals surface area contributed by atoms with E-state index in [2.05, 4.69) is 5.10 Å². The van der Waals surface area contributed by atoms with Gasteiger partial charge in [0.05, 0.1) is 29.4 Å². The van der Waals surface area contributed by atoms with Crippen LogP contribution in [0.1, 0.15) is 35.8 Å². The number of rotatable bonds is 5. The summed E-state index contributed by atoms with van der Waals surface area (Å²) in [5, 5.41) is 4.37. The third-order valence-electron chi connectivity index (χ3n) is 5.14. The number of carbonyl (C=O) groups is 1. The second-order valence-corrected chi connectivity index (χ2v) is 8.82. The molecule has 7 nitrogen and oxygen atoms in total. The lowest BCUT2D eigenvalue weighted by Crippen LogP contribution is -2.48. The van der Waals surface area contributed by atoms with E-state index in [0.29, 0.717) is 38.0 Å². The van der Waals surface area contributed by atoms with E-state index in [1.54, 1.807) is 15.8 Å². The molecule has 0 N–H and O–H groups in total. The summed E-state index contributed by atoms with van der Waals surface area (Å²) in [5.41, 5.74) is 2.31. The number of hydrogen-bond acceptors (Lipinski definition) is 4. The molecule has 27 heavy (non-hydrogen) atoms. The molecule has 0 saturated carbocycles. The van der Waals surface area contributed by atoms with Crippen molar-refractivity contribution in [2.24, 2.45) is 0 Å². The fraction of sp³-hybridized carbons (Fsp3) is 0.474. The van der Waals surface area contributed by atoms with E-state index in [9.17, 15) is 13.2 Å². The summed E-state index contributed by atoms with van der Waals surface area (Å²) in [7, 11) is -3.22. The van der Waals surface area contributed by atoms with Crippen LogP contribution in [0.4, 0.5) is 0 Å². The number of amides is 1. The molecule has 1 aliphatic rings. The number of benzene rings is 1. The molecule has 1 amide bonds. The predicted octanol–water partition coefficient (Wildman–Crippen LogP) is 2.07. The quantitative estimate of drug-likeness (QED) is 0.783. The highest BCUT2D eigenvalue weighted by Gasteiger charge is 2.31. The Bertz CT molecular complexity index is 900. The molecule has 146 valence electrons. The van der Waals surface area contributed by atoms with Gasteiger partial charge in [-0.2, -0.15) is 9.40 Å². The number of sulfonamides is 1. The Hall–Kier alpha value is -2.19.